The number of H-pyrrole nitrogens is 3. The predicted molar refractivity (Wildman–Crippen MR) is 289 cm³/mol. The van der Waals surface area contributed by atoms with Crippen molar-refractivity contribution in [1.29, 1.82) is 0 Å². The SMILES string of the molecule is C[Si](C)(C)CCOCn1cnc(/C=C/c2n[nH]c3cc(Oc4cccc(NC(=O)c5ccccc5)c4)ccc23)c1.O=C(Nc1cccc(Oc2ccc3c(/C=C/c4cnc[nH]4)c[nH]c3c2)c1)c1ccccc1. The van der Waals surface area contributed by atoms with Crippen molar-refractivity contribution in [3.05, 3.63) is 211 Å². The maximum atomic E-state index is 12.5. The molecule has 360 valence electrons. The quantitative estimate of drug-likeness (QED) is 0.0442. The summed E-state index contributed by atoms with van der Waals surface area (Å²) in [6, 6.07) is 45.7. The van der Waals surface area contributed by atoms with Crippen LogP contribution < -0.4 is 20.1 Å². The number of imidazole rings is 2. The van der Waals surface area contributed by atoms with Gasteiger partial charge in [0.2, 0.25) is 0 Å². The van der Waals surface area contributed by atoms with Gasteiger partial charge >= 0.3 is 0 Å². The highest BCUT2D eigenvalue weighted by Crippen LogP contribution is 2.31. The van der Waals surface area contributed by atoms with E-state index in [4.69, 9.17) is 14.2 Å². The summed E-state index contributed by atoms with van der Waals surface area (Å²) in [5, 5.41) is 15.4. The van der Waals surface area contributed by atoms with Gasteiger partial charge in [0.15, 0.2) is 0 Å². The summed E-state index contributed by atoms with van der Waals surface area (Å²) in [7, 11) is -1.09. The summed E-state index contributed by atoms with van der Waals surface area (Å²) in [6.07, 6.45) is 17.0. The monoisotopic (exact) mass is 971 g/mol. The van der Waals surface area contributed by atoms with Crippen molar-refractivity contribution >= 4 is 77.4 Å². The Labute approximate surface area is 417 Å². The van der Waals surface area contributed by atoms with Crippen LogP contribution in [-0.2, 0) is 11.5 Å². The molecule has 0 aliphatic heterocycles. The number of carbonyl (C=O) groups is 2. The maximum Gasteiger partial charge on any atom is 0.255 e. The normalized spacial score (nSPS) is 11.5. The third-order valence-electron chi connectivity index (χ3n) is 11.2. The molecule has 0 spiro atoms. The van der Waals surface area contributed by atoms with Gasteiger partial charge in [-0.3, -0.25) is 14.7 Å². The molecule has 0 saturated heterocycles. The molecule has 0 aliphatic rings. The molecule has 15 heteroatoms. The number of benzene rings is 6. The molecule has 0 saturated carbocycles. The number of rotatable bonds is 17. The highest BCUT2D eigenvalue weighted by atomic mass is 28.3. The number of hydrogen-bond acceptors (Lipinski definition) is 8. The van der Waals surface area contributed by atoms with Gasteiger partial charge in [-0.1, -0.05) is 74.2 Å². The summed E-state index contributed by atoms with van der Waals surface area (Å²) in [6.45, 7) is 8.32. The number of hydrogen-bond donors (Lipinski definition) is 5. The minimum absolute atomic E-state index is 0.161. The van der Waals surface area contributed by atoms with Crippen LogP contribution in [-0.4, -0.2) is 61.2 Å². The van der Waals surface area contributed by atoms with E-state index in [1.165, 1.54) is 0 Å². The van der Waals surface area contributed by atoms with Crippen LogP contribution >= 0.6 is 0 Å². The zero-order valence-electron chi connectivity index (χ0n) is 40.0. The number of nitrogens with one attached hydrogen (secondary N) is 5. The summed E-state index contributed by atoms with van der Waals surface area (Å²) >= 11 is 0. The zero-order chi connectivity index (χ0) is 49.7. The third-order valence-corrected chi connectivity index (χ3v) is 12.9. The Bertz CT molecular complexity index is 3470. The summed E-state index contributed by atoms with van der Waals surface area (Å²) in [4.78, 5) is 39.7. The molecule has 0 unspecified atom stereocenters. The fraction of sp³-hybridized carbons (Fsp3) is 0.105. The molecule has 4 heterocycles. The first-order valence-corrected chi connectivity index (χ1v) is 27.1. The number of fused-ring (bicyclic) bond motifs is 2. The average molecular weight is 972 g/mol. The number of amides is 2. The Morgan fingerprint density at radius 2 is 1.28 bits per heavy atom. The second kappa shape index (κ2) is 22.6. The van der Waals surface area contributed by atoms with Crippen molar-refractivity contribution in [2.24, 2.45) is 0 Å². The Morgan fingerprint density at radius 3 is 1.90 bits per heavy atom. The Hall–Kier alpha value is -9.05. The molecule has 10 aromatic rings. The van der Waals surface area contributed by atoms with Crippen molar-refractivity contribution in [2.45, 2.75) is 32.4 Å². The molecule has 0 bridgehead atoms. The average Bonchev–Trinajstić information content (AvgIpc) is 4.23. The van der Waals surface area contributed by atoms with Gasteiger partial charge in [0.05, 0.1) is 41.4 Å². The molecule has 0 atom stereocenters. The molecule has 0 radical (unpaired) electrons. The van der Waals surface area contributed by atoms with Crippen molar-refractivity contribution in [1.82, 2.24) is 34.7 Å². The van der Waals surface area contributed by atoms with Crippen LogP contribution in [0.2, 0.25) is 25.7 Å². The first kappa shape index (κ1) is 48.0. The van der Waals surface area contributed by atoms with Gasteiger partial charge in [0, 0.05) is 90.1 Å². The lowest BCUT2D eigenvalue weighted by Gasteiger charge is -2.15. The molecular weight excluding hydrogens is 919 g/mol. The second-order valence-electron chi connectivity index (χ2n) is 18.0. The van der Waals surface area contributed by atoms with Crippen molar-refractivity contribution < 1.29 is 23.8 Å². The molecule has 2 amide bonds. The molecule has 72 heavy (non-hydrogen) atoms. The van der Waals surface area contributed by atoms with E-state index in [1.54, 1.807) is 55.2 Å². The lowest BCUT2D eigenvalue weighted by Crippen LogP contribution is -2.21. The molecule has 0 aliphatic carbocycles. The topological polar surface area (TPSA) is 177 Å². The van der Waals surface area contributed by atoms with Crippen LogP contribution in [0.25, 0.3) is 46.1 Å². The number of aromatic nitrogens is 7. The Morgan fingerprint density at radius 1 is 0.653 bits per heavy atom. The Balaban J connectivity index is 0.000000182. The second-order valence-corrected chi connectivity index (χ2v) is 23.6. The highest BCUT2D eigenvalue weighted by Gasteiger charge is 2.13. The smallest absolute Gasteiger partial charge is 0.255 e. The van der Waals surface area contributed by atoms with E-state index in [0.29, 0.717) is 52.2 Å². The van der Waals surface area contributed by atoms with Crippen LogP contribution in [0.15, 0.2) is 177 Å². The molecule has 4 aromatic heterocycles. The third kappa shape index (κ3) is 13.2. The van der Waals surface area contributed by atoms with Crippen molar-refractivity contribution in [3.63, 3.8) is 0 Å². The number of nitrogens with zero attached hydrogens (tertiary/aromatic N) is 4. The minimum Gasteiger partial charge on any atom is -0.457 e. The predicted octanol–water partition coefficient (Wildman–Crippen LogP) is 13.4. The molecule has 5 N–H and O–H groups in total. The van der Waals surface area contributed by atoms with Gasteiger partial charge in [0.1, 0.15) is 29.7 Å². The lowest BCUT2D eigenvalue weighted by atomic mass is 10.1. The van der Waals surface area contributed by atoms with E-state index < -0.39 is 8.07 Å². The van der Waals surface area contributed by atoms with Gasteiger partial charge in [-0.25, -0.2) is 9.97 Å². The van der Waals surface area contributed by atoms with Gasteiger partial charge in [0.25, 0.3) is 11.8 Å². The molecular formula is C57H53N9O5Si. The first-order valence-electron chi connectivity index (χ1n) is 23.4. The summed E-state index contributed by atoms with van der Waals surface area (Å²) < 4.78 is 19.9. The first-order chi connectivity index (χ1) is 35.1. The van der Waals surface area contributed by atoms with Crippen LogP contribution in [0.1, 0.15) is 43.4 Å². The maximum absolute atomic E-state index is 12.5. The zero-order valence-corrected chi connectivity index (χ0v) is 41.0. The van der Waals surface area contributed by atoms with E-state index in [-0.39, 0.29) is 11.8 Å². The Kier molecular flexibility index (Phi) is 15.1. The number of anilines is 2. The van der Waals surface area contributed by atoms with Gasteiger partial charge in [-0.2, -0.15) is 5.10 Å². The molecule has 10 rings (SSSR count). The largest absolute Gasteiger partial charge is 0.457 e. The van der Waals surface area contributed by atoms with E-state index in [9.17, 15) is 9.59 Å². The van der Waals surface area contributed by atoms with Crippen LogP contribution in [0, 0.1) is 0 Å². The number of aromatic amines is 3. The van der Waals surface area contributed by atoms with Gasteiger partial charge in [-0.05, 0) is 103 Å². The number of ether oxygens (including phenoxy) is 3. The highest BCUT2D eigenvalue weighted by molar-refractivity contribution is 6.76. The van der Waals surface area contributed by atoms with Gasteiger partial charge < -0.3 is 39.4 Å². The molecule has 6 aromatic carbocycles. The number of carbonyl (C=O) groups excluding carboxylic acids is 2. The van der Waals surface area contributed by atoms with E-state index in [0.717, 1.165) is 57.1 Å². The fourth-order valence-electron chi connectivity index (χ4n) is 7.46. The fourth-order valence-corrected chi connectivity index (χ4v) is 8.21. The van der Waals surface area contributed by atoms with Crippen molar-refractivity contribution in [3.8, 4) is 23.0 Å². The van der Waals surface area contributed by atoms with Crippen LogP contribution in [0.5, 0.6) is 23.0 Å². The van der Waals surface area contributed by atoms with Crippen LogP contribution in [0.4, 0.5) is 11.4 Å². The van der Waals surface area contributed by atoms with Crippen LogP contribution in [0.3, 0.4) is 0 Å². The van der Waals surface area contributed by atoms with Gasteiger partial charge in [-0.15, -0.1) is 0 Å². The molecule has 0 fully saturated rings. The minimum atomic E-state index is -1.09. The van der Waals surface area contributed by atoms with E-state index in [2.05, 4.69) is 60.4 Å². The lowest BCUT2D eigenvalue weighted by molar-refractivity contribution is 0.0871. The van der Waals surface area contributed by atoms with E-state index >= 15 is 0 Å². The standard InChI is InChI=1S/C31H33N5O3Si.C26H20N4O2/c1-40(2,3)17-16-38-22-36-20-25(32-21-36)12-15-29-28-14-13-27(19-30(28)35-34-29)39-26-11-7-10-24(18-26)33-31(37)23-8-5-4-6-9-23;31-26(18-5-2-1-3-6-18)30-20-7-4-8-22(13-20)32-23-11-12-24-19(15-28-25(24)14-23)9-10-21-16-27-17-29-21/h4-15,18-21H,16-17,22H2,1-3H3,(H,33,37)(H,34,35);1-17,28H,(H,27,29)(H,30,31)/b15-12+;10-9+. The summed E-state index contributed by atoms with van der Waals surface area (Å²) in [5.74, 6) is 2.29. The molecule has 14 nitrogen and oxygen atoms in total. The summed E-state index contributed by atoms with van der Waals surface area (Å²) in [5.41, 5.74) is 8.02. The van der Waals surface area contributed by atoms with Crippen molar-refractivity contribution in [2.75, 3.05) is 17.2 Å². The van der Waals surface area contributed by atoms with E-state index in [1.807, 2.05) is 150 Å².